The van der Waals surface area contributed by atoms with Gasteiger partial charge < -0.3 is 15.0 Å². The molecule has 12 heteroatoms. The van der Waals surface area contributed by atoms with Gasteiger partial charge in [-0.25, -0.2) is 9.97 Å². The van der Waals surface area contributed by atoms with Gasteiger partial charge in [0.25, 0.3) is 5.91 Å². The lowest BCUT2D eigenvalue weighted by atomic mass is 10.1. The van der Waals surface area contributed by atoms with Crippen molar-refractivity contribution in [1.29, 1.82) is 0 Å². The number of rotatable bonds is 7. The minimum atomic E-state index is -4.79. The van der Waals surface area contributed by atoms with Gasteiger partial charge in [0.05, 0.1) is 42.5 Å². The standard InChI is InChI=1S/C25H25F3N6O3/c1-37-24(36)16-7-8-33(13-16)18-9-21(22(29-11-18)25(26,27)28)32-23(35)20-4-2-3-19(31-20)17-10-30-34(14-17)12-15-5-6-15/h2-4,9-11,14-16H,5-8,12-13H2,1H3,(H,32,35). The van der Waals surface area contributed by atoms with Crippen LogP contribution in [0.1, 0.15) is 35.4 Å². The molecule has 1 saturated carbocycles. The predicted octanol–water partition coefficient (Wildman–Crippen LogP) is 4.02. The van der Waals surface area contributed by atoms with E-state index in [0.29, 0.717) is 35.8 Å². The smallest absolute Gasteiger partial charge is 0.435 e. The van der Waals surface area contributed by atoms with E-state index < -0.39 is 23.5 Å². The van der Waals surface area contributed by atoms with Crippen molar-refractivity contribution >= 4 is 23.3 Å². The van der Waals surface area contributed by atoms with Gasteiger partial charge in [-0.05, 0) is 43.4 Å². The zero-order chi connectivity index (χ0) is 26.2. The molecule has 2 fully saturated rings. The van der Waals surface area contributed by atoms with Gasteiger partial charge in [-0.3, -0.25) is 14.3 Å². The molecule has 3 aromatic heterocycles. The maximum atomic E-state index is 13.7. The van der Waals surface area contributed by atoms with Gasteiger partial charge in [0.2, 0.25) is 0 Å². The van der Waals surface area contributed by atoms with Gasteiger partial charge in [0.1, 0.15) is 5.69 Å². The third-order valence-corrected chi connectivity index (χ3v) is 6.53. The molecule has 1 amide bonds. The Bertz CT molecular complexity index is 1320. The number of methoxy groups -OCH3 is 1. The monoisotopic (exact) mass is 514 g/mol. The Kier molecular flexibility index (Phi) is 6.57. The van der Waals surface area contributed by atoms with Gasteiger partial charge in [0, 0.05) is 31.4 Å². The number of carbonyl (C=O) groups excluding carboxylic acids is 2. The van der Waals surface area contributed by atoms with Crippen LogP contribution in [0.4, 0.5) is 24.5 Å². The van der Waals surface area contributed by atoms with Crippen LogP contribution < -0.4 is 10.2 Å². The number of carbonyl (C=O) groups is 2. The van der Waals surface area contributed by atoms with E-state index in [-0.39, 0.29) is 24.1 Å². The van der Waals surface area contributed by atoms with Crippen molar-refractivity contribution in [1.82, 2.24) is 19.7 Å². The Morgan fingerprint density at radius 3 is 2.73 bits per heavy atom. The average Bonchev–Trinajstić information content (AvgIpc) is 3.35. The van der Waals surface area contributed by atoms with Crippen molar-refractivity contribution in [3.05, 3.63) is 54.2 Å². The van der Waals surface area contributed by atoms with Gasteiger partial charge in [-0.2, -0.15) is 18.3 Å². The molecule has 1 N–H and O–H groups in total. The summed E-state index contributed by atoms with van der Waals surface area (Å²) in [7, 11) is 1.29. The maximum Gasteiger partial charge on any atom is 0.435 e. The minimum Gasteiger partial charge on any atom is -0.469 e. The largest absolute Gasteiger partial charge is 0.469 e. The Morgan fingerprint density at radius 2 is 2.00 bits per heavy atom. The summed E-state index contributed by atoms with van der Waals surface area (Å²) >= 11 is 0. The highest BCUT2D eigenvalue weighted by molar-refractivity contribution is 6.03. The molecule has 0 radical (unpaired) electrons. The lowest BCUT2D eigenvalue weighted by Crippen LogP contribution is -2.25. The Hall–Kier alpha value is -3.96. The van der Waals surface area contributed by atoms with Gasteiger partial charge >= 0.3 is 12.1 Å². The van der Waals surface area contributed by atoms with Crippen LogP contribution in [0.5, 0.6) is 0 Å². The summed E-state index contributed by atoms with van der Waals surface area (Å²) in [5, 5.41) is 6.67. The number of aromatic nitrogens is 4. The average molecular weight is 515 g/mol. The molecule has 37 heavy (non-hydrogen) atoms. The fourth-order valence-corrected chi connectivity index (χ4v) is 4.37. The molecule has 1 saturated heterocycles. The molecule has 4 heterocycles. The second-order valence-corrected chi connectivity index (χ2v) is 9.30. The number of hydrogen-bond acceptors (Lipinski definition) is 7. The van der Waals surface area contributed by atoms with E-state index in [1.807, 2.05) is 10.9 Å². The fourth-order valence-electron chi connectivity index (χ4n) is 4.37. The second-order valence-electron chi connectivity index (χ2n) is 9.30. The summed E-state index contributed by atoms with van der Waals surface area (Å²) < 4.78 is 47.7. The molecule has 1 atom stereocenters. The first kappa shape index (κ1) is 24.7. The molecule has 0 bridgehead atoms. The number of nitrogens with one attached hydrogen (secondary N) is 1. The van der Waals surface area contributed by atoms with Crippen LogP contribution in [0.25, 0.3) is 11.3 Å². The minimum absolute atomic E-state index is 0.0436. The van der Waals surface area contributed by atoms with Crippen LogP contribution >= 0.6 is 0 Å². The number of pyridine rings is 2. The van der Waals surface area contributed by atoms with Crippen molar-refractivity contribution in [2.24, 2.45) is 11.8 Å². The normalized spacial score (nSPS) is 17.6. The number of hydrogen-bond donors (Lipinski definition) is 1. The molecular formula is C25H25F3N6O3. The number of halogens is 3. The van der Waals surface area contributed by atoms with E-state index in [1.54, 1.807) is 23.2 Å². The van der Waals surface area contributed by atoms with Gasteiger partial charge in [-0.15, -0.1) is 0 Å². The number of ether oxygens (including phenoxy) is 1. The van der Waals surface area contributed by atoms with Gasteiger partial charge in [0.15, 0.2) is 5.69 Å². The summed E-state index contributed by atoms with van der Waals surface area (Å²) in [4.78, 5) is 34.5. The quantitative estimate of drug-likeness (QED) is 0.475. The van der Waals surface area contributed by atoms with Crippen molar-refractivity contribution in [3.8, 4) is 11.3 Å². The Balaban J connectivity index is 1.37. The highest BCUT2D eigenvalue weighted by Crippen LogP contribution is 2.36. The van der Waals surface area contributed by atoms with E-state index in [9.17, 15) is 22.8 Å². The molecular weight excluding hydrogens is 489 g/mol. The van der Waals surface area contributed by atoms with E-state index in [2.05, 4.69) is 20.4 Å². The summed E-state index contributed by atoms with van der Waals surface area (Å²) in [5.74, 6) is -0.923. The molecule has 0 spiro atoms. The summed E-state index contributed by atoms with van der Waals surface area (Å²) in [6.45, 7) is 1.55. The van der Waals surface area contributed by atoms with Crippen LogP contribution in [0.2, 0.25) is 0 Å². The van der Waals surface area contributed by atoms with E-state index >= 15 is 0 Å². The zero-order valence-corrected chi connectivity index (χ0v) is 20.0. The lowest BCUT2D eigenvalue weighted by Gasteiger charge is -2.21. The molecule has 1 unspecified atom stereocenters. The van der Waals surface area contributed by atoms with E-state index in [0.717, 1.165) is 12.7 Å². The zero-order valence-electron chi connectivity index (χ0n) is 20.0. The summed E-state index contributed by atoms with van der Waals surface area (Å²) in [6, 6.07) is 5.98. The van der Waals surface area contributed by atoms with Crippen LogP contribution in [0.15, 0.2) is 42.9 Å². The SMILES string of the molecule is COC(=O)C1CCN(c2cnc(C(F)(F)F)c(NC(=O)c3cccc(-c4cnn(CC5CC5)c4)n3)c2)C1. The van der Waals surface area contributed by atoms with Gasteiger partial charge in [-0.1, -0.05) is 6.07 Å². The maximum absolute atomic E-state index is 13.7. The molecule has 3 aromatic rings. The topological polar surface area (TPSA) is 102 Å². The predicted molar refractivity (Wildman–Crippen MR) is 128 cm³/mol. The second kappa shape index (κ2) is 9.83. The van der Waals surface area contributed by atoms with E-state index in [4.69, 9.17) is 4.74 Å². The van der Waals surface area contributed by atoms with Crippen LogP contribution in [-0.2, 0) is 22.3 Å². The van der Waals surface area contributed by atoms with E-state index in [1.165, 1.54) is 32.1 Å². The van der Waals surface area contributed by atoms with Crippen LogP contribution in [0, 0.1) is 11.8 Å². The third-order valence-electron chi connectivity index (χ3n) is 6.53. The lowest BCUT2D eigenvalue weighted by molar-refractivity contribution is -0.144. The number of alkyl halides is 3. The first-order chi connectivity index (χ1) is 17.7. The molecule has 9 nitrogen and oxygen atoms in total. The Labute approximate surface area is 210 Å². The molecule has 1 aliphatic carbocycles. The van der Waals surface area contributed by atoms with Crippen LogP contribution in [0.3, 0.4) is 0 Å². The highest BCUT2D eigenvalue weighted by Gasteiger charge is 2.37. The number of amides is 1. The molecule has 2 aliphatic rings. The number of esters is 1. The van der Waals surface area contributed by atoms with Crippen molar-refractivity contribution in [2.45, 2.75) is 32.0 Å². The summed E-state index contributed by atoms with van der Waals surface area (Å²) in [6.07, 6.45) is 2.67. The first-order valence-corrected chi connectivity index (χ1v) is 11.9. The van der Waals surface area contributed by atoms with Crippen LogP contribution in [-0.4, -0.2) is 51.8 Å². The third kappa shape index (κ3) is 5.57. The molecule has 1 aliphatic heterocycles. The first-order valence-electron chi connectivity index (χ1n) is 11.9. The molecule has 194 valence electrons. The molecule has 5 rings (SSSR count). The molecule has 0 aromatic carbocycles. The Morgan fingerprint density at radius 1 is 1.19 bits per heavy atom. The summed E-state index contributed by atoms with van der Waals surface area (Å²) in [5.41, 5.74) is -0.183. The fraction of sp³-hybridized carbons (Fsp3) is 0.400. The highest BCUT2D eigenvalue weighted by atomic mass is 19.4. The number of anilines is 2. The number of nitrogens with zero attached hydrogens (tertiary/aromatic N) is 5. The van der Waals surface area contributed by atoms with Crippen molar-refractivity contribution in [2.75, 3.05) is 30.4 Å². The van der Waals surface area contributed by atoms with Crippen molar-refractivity contribution in [3.63, 3.8) is 0 Å². The van der Waals surface area contributed by atoms with Crippen molar-refractivity contribution < 1.29 is 27.5 Å².